The Hall–Kier alpha value is -2.32. The Morgan fingerprint density at radius 2 is 2.21 bits per heavy atom. The number of fused-ring (bicyclic) bond motifs is 1. The van der Waals surface area contributed by atoms with Crippen molar-refractivity contribution in [2.24, 2.45) is 11.1 Å². The molecule has 24 heavy (non-hydrogen) atoms. The SMILES string of the molecule is CC1CCc2c(sc(NCCC(=NO)c3ccccc3)c2C#N)C1. The van der Waals surface area contributed by atoms with Crippen LogP contribution < -0.4 is 5.32 Å². The highest BCUT2D eigenvalue weighted by molar-refractivity contribution is 7.16. The van der Waals surface area contributed by atoms with Crippen LogP contribution in [-0.2, 0) is 12.8 Å². The lowest BCUT2D eigenvalue weighted by Gasteiger charge is -2.17. The number of nitriles is 1. The Bertz CT molecular complexity index is 774. The first-order valence-electron chi connectivity index (χ1n) is 8.27. The molecule has 2 aromatic rings. The average molecular weight is 339 g/mol. The summed E-state index contributed by atoms with van der Waals surface area (Å²) < 4.78 is 0. The fourth-order valence-electron chi connectivity index (χ4n) is 3.17. The van der Waals surface area contributed by atoms with Crippen LogP contribution in [0.25, 0.3) is 0 Å². The Labute approximate surface area is 146 Å². The van der Waals surface area contributed by atoms with Crippen molar-refractivity contribution in [1.29, 1.82) is 5.26 Å². The van der Waals surface area contributed by atoms with Crippen LogP contribution in [0.15, 0.2) is 35.5 Å². The van der Waals surface area contributed by atoms with E-state index in [4.69, 9.17) is 0 Å². The van der Waals surface area contributed by atoms with E-state index in [0.29, 0.717) is 24.6 Å². The van der Waals surface area contributed by atoms with Crippen molar-refractivity contribution >= 4 is 22.0 Å². The molecule has 124 valence electrons. The monoisotopic (exact) mass is 339 g/mol. The number of hydrogen-bond acceptors (Lipinski definition) is 5. The molecule has 1 unspecified atom stereocenters. The Morgan fingerprint density at radius 3 is 2.92 bits per heavy atom. The third kappa shape index (κ3) is 3.44. The summed E-state index contributed by atoms with van der Waals surface area (Å²) >= 11 is 1.71. The minimum absolute atomic E-state index is 0.602. The molecule has 5 heteroatoms. The summed E-state index contributed by atoms with van der Waals surface area (Å²) in [5.74, 6) is 0.696. The molecule has 1 heterocycles. The topological polar surface area (TPSA) is 68.4 Å². The zero-order valence-electron chi connectivity index (χ0n) is 13.7. The Morgan fingerprint density at radius 1 is 1.42 bits per heavy atom. The molecule has 1 aliphatic carbocycles. The van der Waals surface area contributed by atoms with Crippen molar-refractivity contribution in [2.45, 2.75) is 32.6 Å². The molecule has 3 rings (SSSR count). The first-order valence-corrected chi connectivity index (χ1v) is 9.09. The number of nitrogens with zero attached hydrogens (tertiary/aromatic N) is 2. The minimum atomic E-state index is 0.602. The van der Waals surface area contributed by atoms with Gasteiger partial charge in [-0.25, -0.2) is 0 Å². The van der Waals surface area contributed by atoms with Crippen molar-refractivity contribution < 1.29 is 5.21 Å². The molecule has 0 saturated carbocycles. The van der Waals surface area contributed by atoms with Gasteiger partial charge in [-0.15, -0.1) is 11.3 Å². The standard InChI is InChI=1S/C19H21N3OS/c1-13-7-8-15-16(12-20)19(24-18(15)11-13)21-10-9-17(22-23)14-5-3-2-4-6-14/h2-6,13,21,23H,7-11H2,1H3. The number of rotatable bonds is 5. The van der Waals surface area contributed by atoms with E-state index in [0.717, 1.165) is 35.4 Å². The summed E-state index contributed by atoms with van der Waals surface area (Å²) in [5.41, 5.74) is 3.62. The average Bonchev–Trinajstić information content (AvgIpc) is 2.95. The van der Waals surface area contributed by atoms with Crippen LogP contribution >= 0.6 is 11.3 Å². The number of thiophene rings is 1. The van der Waals surface area contributed by atoms with Crippen LogP contribution in [0.2, 0.25) is 0 Å². The van der Waals surface area contributed by atoms with Gasteiger partial charge in [-0.1, -0.05) is 42.4 Å². The van der Waals surface area contributed by atoms with E-state index in [1.54, 1.807) is 11.3 Å². The second-order valence-corrected chi connectivity index (χ2v) is 7.36. The van der Waals surface area contributed by atoms with Crippen molar-refractivity contribution in [2.75, 3.05) is 11.9 Å². The summed E-state index contributed by atoms with van der Waals surface area (Å²) in [5, 5.41) is 26.5. The predicted octanol–water partition coefficient (Wildman–Crippen LogP) is 4.43. The minimum Gasteiger partial charge on any atom is -0.411 e. The van der Waals surface area contributed by atoms with Gasteiger partial charge in [-0.05, 0) is 36.3 Å². The molecule has 0 amide bonds. The van der Waals surface area contributed by atoms with E-state index in [1.165, 1.54) is 10.4 Å². The molecule has 1 atom stereocenters. The maximum Gasteiger partial charge on any atom is 0.107 e. The highest BCUT2D eigenvalue weighted by atomic mass is 32.1. The molecule has 0 radical (unpaired) electrons. The molecule has 4 nitrogen and oxygen atoms in total. The first kappa shape index (κ1) is 16.5. The lowest BCUT2D eigenvalue weighted by Crippen LogP contribution is -2.10. The largest absolute Gasteiger partial charge is 0.411 e. The van der Waals surface area contributed by atoms with Crippen LogP contribution in [0.4, 0.5) is 5.00 Å². The molecule has 0 spiro atoms. The van der Waals surface area contributed by atoms with Gasteiger partial charge < -0.3 is 10.5 Å². The number of hydrogen-bond donors (Lipinski definition) is 2. The molecule has 1 aromatic heterocycles. The maximum absolute atomic E-state index is 9.51. The third-order valence-electron chi connectivity index (χ3n) is 4.50. The van der Waals surface area contributed by atoms with Crippen LogP contribution in [0.1, 0.15) is 41.3 Å². The van der Waals surface area contributed by atoms with Crippen LogP contribution in [0, 0.1) is 17.2 Å². The van der Waals surface area contributed by atoms with E-state index in [-0.39, 0.29) is 0 Å². The molecule has 0 aliphatic heterocycles. The predicted molar refractivity (Wildman–Crippen MR) is 98.1 cm³/mol. The van der Waals surface area contributed by atoms with Gasteiger partial charge in [0.15, 0.2) is 0 Å². The molecule has 0 bridgehead atoms. The number of nitrogens with one attached hydrogen (secondary N) is 1. The van der Waals surface area contributed by atoms with E-state index in [9.17, 15) is 10.5 Å². The summed E-state index contributed by atoms with van der Waals surface area (Å²) in [7, 11) is 0. The highest BCUT2D eigenvalue weighted by Gasteiger charge is 2.23. The summed E-state index contributed by atoms with van der Waals surface area (Å²) in [4.78, 5) is 1.35. The molecule has 1 aliphatic rings. The Kier molecular flexibility index (Phi) is 5.17. The van der Waals surface area contributed by atoms with Gasteiger partial charge in [0.05, 0.1) is 11.3 Å². The summed E-state index contributed by atoms with van der Waals surface area (Å²) in [6.07, 6.45) is 3.84. The van der Waals surface area contributed by atoms with E-state index < -0.39 is 0 Å². The van der Waals surface area contributed by atoms with Crippen molar-refractivity contribution in [3.8, 4) is 6.07 Å². The van der Waals surface area contributed by atoms with Crippen molar-refractivity contribution in [3.63, 3.8) is 0 Å². The second kappa shape index (κ2) is 7.50. The highest BCUT2D eigenvalue weighted by Crippen LogP contribution is 2.39. The smallest absolute Gasteiger partial charge is 0.107 e. The summed E-state index contributed by atoms with van der Waals surface area (Å²) in [6, 6.07) is 12.0. The van der Waals surface area contributed by atoms with E-state index >= 15 is 0 Å². The normalized spacial score (nSPS) is 17.2. The van der Waals surface area contributed by atoms with Crippen molar-refractivity contribution in [1.82, 2.24) is 0 Å². The van der Waals surface area contributed by atoms with Gasteiger partial charge in [-0.3, -0.25) is 0 Å². The van der Waals surface area contributed by atoms with E-state index in [1.807, 2.05) is 30.3 Å². The van der Waals surface area contributed by atoms with Crippen molar-refractivity contribution in [3.05, 3.63) is 51.9 Å². The quantitative estimate of drug-likeness (QED) is 0.481. The Balaban J connectivity index is 1.68. The molecule has 1 aromatic carbocycles. The molecule has 0 saturated heterocycles. The van der Waals surface area contributed by atoms with Gasteiger partial charge in [-0.2, -0.15) is 5.26 Å². The number of benzene rings is 1. The van der Waals surface area contributed by atoms with E-state index in [2.05, 4.69) is 23.5 Å². The van der Waals surface area contributed by atoms with Crippen LogP contribution in [-0.4, -0.2) is 17.5 Å². The van der Waals surface area contributed by atoms with Gasteiger partial charge >= 0.3 is 0 Å². The fourth-order valence-corrected chi connectivity index (χ4v) is 4.56. The number of anilines is 1. The molecule has 0 fully saturated rings. The van der Waals surface area contributed by atoms with Crippen LogP contribution in [0.3, 0.4) is 0 Å². The van der Waals surface area contributed by atoms with Gasteiger partial charge in [0.2, 0.25) is 0 Å². The third-order valence-corrected chi connectivity index (χ3v) is 5.71. The number of oxime groups is 1. The summed E-state index contributed by atoms with van der Waals surface area (Å²) in [6.45, 7) is 2.91. The molecular weight excluding hydrogens is 318 g/mol. The maximum atomic E-state index is 9.51. The second-order valence-electron chi connectivity index (χ2n) is 6.26. The van der Waals surface area contributed by atoms with Gasteiger partial charge in [0.1, 0.15) is 11.1 Å². The van der Waals surface area contributed by atoms with Gasteiger partial charge in [0.25, 0.3) is 0 Å². The lowest BCUT2D eigenvalue weighted by atomic mass is 9.88. The zero-order chi connectivity index (χ0) is 16.9. The zero-order valence-corrected chi connectivity index (χ0v) is 14.6. The fraction of sp³-hybridized carbons (Fsp3) is 0.368. The molecule has 2 N–H and O–H groups in total. The molecular formula is C19H21N3OS. The lowest BCUT2D eigenvalue weighted by molar-refractivity contribution is 0.318. The first-order chi connectivity index (χ1) is 11.7. The van der Waals surface area contributed by atoms with Gasteiger partial charge in [0, 0.05) is 17.8 Å². The van der Waals surface area contributed by atoms with Crippen LogP contribution in [0.5, 0.6) is 0 Å².